The molecule has 1 atom stereocenters. The van der Waals surface area contributed by atoms with Crippen LogP contribution in [0, 0.1) is 12.8 Å². The molecule has 112 valence electrons. The molecule has 1 aromatic heterocycles. The molecule has 0 spiro atoms. The van der Waals surface area contributed by atoms with Crippen LogP contribution in [0.3, 0.4) is 0 Å². The lowest BCUT2D eigenvalue weighted by Crippen LogP contribution is -2.44. The van der Waals surface area contributed by atoms with Gasteiger partial charge in [0.05, 0.1) is 11.9 Å². The zero-order chi connectivity index (χ0) is 14.8. The van der Waals surface area contributed by atoms with Crippen LogP contribution in [-0.4, -0.2) is 48.6 Å². The Hall–Kier alpha value is -1.61. The number of primary amides is 1. The molecule has 1 saturated heterocycles. The number of H-pyrrole nitrogens is 1. The highest BCUT2D eigenvalue weighted by Crippen LogP contribution is 2.24. The molecule has 2 amide bonds. The molecule has 9 heteroatoms. The Balaban J connectivity index is 2.09. The van der Waals surface area contributed by atoms with E-state index in [1.54, 1.807) is 6.92 Å². The van der Waals surface area contributed by atoms with Crippen molar-refractivity contribution in [3.05, 3.63) is 11.9 Å². The number of nitrogens with one attached hydrogen (secondary N) is 2. The van der Waals surface area contributed by atoms with E-state index in [0.717, 1.165) is 12.8 Å². The molecule has 1 unspecified atom stereocenters. The van der Waals surface area contributed by atoms with E-state index in [0.29, 0.717) is 25.3 Å². The van der Waals surface area contributed by atoms with Crippen LogP contribution in [0.15, 0.2) is 11.1 Å². The molecule has 0 saturated carbocycles. The molecule has 1 aromatic rings. The number of hydrogen-bond acceptors (Lipinski definition) is 4. The number of carbonyl (C=O) groups is 1. The summed E-state index contributed by atoms with van der Waals surface area (Å²) in [6.07, 6.45) is 2.97. The van der Waals surface area contributed by atoms with Crippen LogP contribution in [0.5, 0.6) is 0 Å². The maximum atomic E-state index is 12.5. The van der Waals surface area contributed by atoms with Crippen LogP contribution >= 0.6 is 0 Å². The second-order valence-corrected chi connectivity index (χ2v) is 6.88. The molecule has 1 aliphatic heterocycles. The van der Waals surface area contributed by atoms with Gasteiger partial charge in [0, 0.05) is 19.6 Å². The molecule has 4 N–H and O–H groups in total. The van der Waals surface area contributed by atoms with Crippen molar-refractivity contribution >= 4 is 16.1 Å². The van der Waals surface area contributed by atoms with E-state index in [2.05, 4.69) is 15.5 Å². The first-order valence-electron chi connectivity index (χ1n) is 6.44. The predicted octanol–water partition coefficient (Wildman–Crippen LogP) is -0.213. The summed E-state index contributed by atoms with van der Waals surface area (Å²) >= 11 is 0. The summed E-state index contributed by atoms with van der Waals surface area (Å²) in [5.74, 6) is 0.0817. The molecule has 1 aliphatic rings. The smallest absolute Gasteiger partial charge is 0.312 e. The fraction of sp³-hybridized carbons (Fsp3) is 0.636. The third kappa shape index (κ3) is 3.10. The number of piperidine rings is 1. The summed E-state index contributed by atoms with van der Waals surface area (Å²) in [5.41, 5.74) is 5.56. The van der Waals surface area contributed by atoms with Gasteiger partial charge >= 0.3 is 6.03 Å². The van der Waals surface area contributed by atoms with E-state index in [-0.39, 0.29) is 10.8 Å². The summed E-state index contributed by atoms with van der Waals surface area (Å²) < 4.78 is 26.5. The zero-order valence-electron chi connectivity index (χ0n) is 11.3. The molecular weight excluding hydrogens is 282 g/mol. The SMILES string of the molecule is Cc1[nH]ncc1S(=O)(=O)N1CCCC(CNC(N)=O)C1. The van der Waals surface area contributed by atoms with Crippen molar-refractivity contribution in [3.63, 3.8) is 0 Å². The summed E-state index contributed by atoms with van der Waals surface area (Å²) in [4.78, 5) is 10.9. The number of aromatic amines is 1. The van der Waals surface area contributed by atoms with E-state index in [4.69, 9.17) is 5.73 Å². The summed E-state index contributed by atoms with van der Waals surface area (Å²) in [6, 6.07) is -0.587. The van der Waals surface area contributed by atoms with Gasteiger partial charge in [-0.15, -0.1) is 0 Å². The highest BCUT2D eigenvalue weighted by atomic mass is 32.2. The number of amides is 2. The van der Waals surface area contributed by atoms with Gasteiger partial charge in [0.1, 0.15) is 4.90 Å². The first kappa shape index (κ1) is 14.8. The normalized spacial score (nSPS) is 20.8. The standard InChI is InChI=1S/C11H19N5O3S/c1-8-10(6-14-15-8)20(18,19)16-4-2-3-9(7-16)5-13-11(12)17/h6,9H,2-5,7H2,1H3,(H,14,15)(H3,12,13,17). The molecule has 0 radical (unpaired) electrons. The van der Waals surface area contributed by atoms with E-state index >= 15 is 0 Å². The quantitative estimate of drug-likeness (QED) is 0.712. The van der Waals surface area contributed by atoms with Crippen molar-refractivity contribution in [3.8, 4) is 0 Å². The lowest BCUT2D eigenvalue weighted by Gasteiger charge is -2.31. The first-order valence-corrected chi connectivity index (χ1v) is 7.88. The lowest BCUT2D eigenvalue weighted by molar-refractivity contribution is 0.236. The second-order valence-electron chi connectivity index (χ2n) is 4.98. The number of carbonyl (C=O) groups excluding carboxylic acids is 1. The average molecular weight is 301 g/mol. The number of aryl methyl sites for hydroxylation is 1. The van der Waals surface area contributed by atoms with Gasteiger partial charge in [0.25, 0.3) is 0 Å². The molecular formula is C11H19N5O3S. The summed E-state index contributed by atoms with van der Waals surface area (Å²) in [7, 11) is -3.53. The van der Waals surface area contributed by atoms with Gasteiger partial charge in [-0.05, 0) is 25.7 Å². The number of hydrogen-bond donors (Lipinski definition) is 3. The number of nitrogens with two attached hydrogens (primary N) is 1. The molecule has 0 bridgehead atoms. The minimum atomic E-state index is -3.53. The van der Waals surface area contributed by atoms with Gasteiger partial charge in [0.15, 0.2) is 0 Å². The van der Waals surface area contributed by atoms with Gasteiger partial charge in [-0.2, -0.15) is 9.40 Å². The van der Waals surface area contributed by atoms with Crippen LogP contribution in [0.1, 0.15) is 18.5 Å². The number of nitrogens with zero attached hydrogens (tertiary/aromatic N) is 2. The average Bonchev–Trinajstić information content (AvgIpc) is 2.84. The molecule has 0 aromatic carbocycles. The van der Waals surface area contributed by atoms with Crippen LogP contribution in [0.25, 0.3) is 0 Å². The largest absolute Gasteiger partial charge is 0.352 e. The van der Waals surface area contributed by atoms with E-state index < -0.39 is 16.1 Å². The van der Waals surface area contributed by atoms with Crippen molar-refractivity contribution in [2.45, 2.75) is 24.7 Å². The van der Waals surface area contributed by atoms with Gasteiger partial charge in [-0.25, -0.2) is 13.2 Å². The Morgan fingerprint density at radius 2 is 2.40 bits per heavy atom. The Bertz CT molecular complexity index is 583. The molecule has 2 heterocycles. The Kier molecular flexibility index (Phi) is 4.29. The van der Waals surface area contributed by atoms with Gasteiger partial charge in [-0.3, -0.25) is 5.10 Å². The van der Waals surface area contributed by atoms with Crippen LogP contribution in [-0.2, 0) is 10.0 Å². The lowest BCUT2D eigenvalue weighted by atomic mass is 10.00. The maximum Gasteiger partial charge on any atom is 0.312 e. The molecule has 0 aliphatic carbocycles. The summed E-state index contributed by atoms with van der Waals surface area (Å²) in [5, 5.41) is 8.93. The van der Waals surface area contributed by atoms with E-state index in [9.17, 15) is 13.2 Å². The number of rotatable bonds is 4. The fourth-order valence-corrected chi connectivity index (χ4v) is 4.07. The number of sulfonamides is 1. The monoisotopic (exact) mass is 301 g/mol. The minimum absolute atomic E-state index is 0.0817. The van der Waals surface area contributed by atoms with Crippen molar-refractivity contribution in [2.24, 2.45) is 11.7 Å². The fourth-order valence-electron chi connectivity index (χ4n) is 2.40. The van der Waals surface area contributed by atoms with E-state index in [1.807, 2.05) is 0 Å². The third-order valence-corrected chi connectivity index (χ3v) is 5.43. The molecule has 1 fully saturated rings. The number of urea groups is 1. The second kappa shape index (κ2) is 5.80. The number of aromatic nitrogens is 2. The highest BCUT2D eigenvalue weighted by Gasteiger charge is 2.31. The van der Waals surface area contributed by atoms with Crippen LogP contribution in [0.2, 0.25) is 0 Å². The Morgan fingerprint density at radius 1 is 1.65 bits per heavy atom. The summed E-state index contributed by atoms with van der Waals surface area (Å²) in [6.45, 7) is 2.94. The highest BCUT2D eigenvalue weighted by molar-refractivity contribution is 7.89. The van der Waals surface area contributed by atoms with Gasteiger partial charge in [0.2, 0.25) is 10.0 Å². The van der Waals surface area contributed by atoms with Crippen LogP contribution in [0.4, 0.5) is 4.79 Å². The molecule has 2 rings (SSSR count). The third-order valence-electron chi connectivity index (χ3n) is 3.45. The predicted molar refractivity (Wildman–Crippen MR) is 72.4 cm³/mol. The Morgan fingerprint density at radius 3 is 3.00 bits per heavy atom. The Labute approximate surface area is 117 Å². The minimum Gasteiger partial charge on any atom is -0.352 e. The van der Waals surface area contributed by atoms with Gasteiger partial charge in [-0.1, -0.05) is 0 Å². The van der Waals surface area contributed by atoms with E-state index in [1.165, 1.54) is 10.5 Å². The molecule has 20 heavy (non-hydrogen) atoms. The maximum absolute atomic E-state index is 12.5. The van der Waals surface area contributed by atoms with Crippen molar-refractivity contribution in [1.29, 1.82) is 0 Å². The first-order chi connectivity index (χ1) is 9.41. The van der Waals surface area contributed by atoms with Crippen molar-refractivity contribution < 1.29 is 13.2 Å². The van der Waals surface area contributed by atoms with Crippen molar-refractivity contribution in [1.82, 2.24) is 19.8 Å². The molecule has 8 nitrogen and oxygen atoms in total. The zero-order valence-corrected chi connectivity index (χ0v) is 12.1. The van der Waals surface area contributed by atoms with Crippen LogP contribution < -0.4 is 11.1 Å². The van der Waals surface area contributed by atoms with Gasteiger partial charge < -0.3 is 11.1 Å². The van der Waals surface area contributed by atoms with Crippen molar-refractivity contribution in [2.75, 3.05) is 19.6 Å². The topological polar surface area (TPSA) is 121 Å².